The minimum atomic E-state index is -0.289. The largest absolute Gasteiger partial charge is 0.487 e. The zero-order valence-corrected chi connectivity index (χ0v) is 18.8. The van der Waals surface area contributed by atoms with Crippen molar-refractivity contribution in [1.29, 1.82) is 0 Å². The van der Waals surface area contributed by atoms with Gasteiger partial charge in [0.15, 0.2) is 0 Å². The molecule has 0 bridgehead atoms. The lowest BCUT2D eigenvalue weighted by Crippen LogP contribution is -2.54. The molecule has 5 rings (SSSR count). The second-order valence-electron chi connectivity index (χ2n) is 8.10. The zero-order chi connectivity index (χ0) is 22.8. The van der Waals surface area contributed by atoms with Crippen LogP contribution in [0.3, 0.4) is 0 Å². The van der Waals surface area contributed by atoms with E-state index in [9.17, 15) is 4.39 Å². The fraction of sp³-hybridized carbons (Fsp3) is 0.269. The summed E-state index contributed by atoms with van der Waals surface area (Å²) in [5.41, 5.74) is 4.91. The highest BCUT2D eigenvalue weighted by Crippen LogP contribution is 2.32. The molecule has 0 unspecified atom stereocenters. The first-order valence-electron chi connectivity index (χ1n) is 11.3. The summed E-state index contributed by atoms with van der Waals surface area (Å²) in [6, 6.07) is 14.6. The van der Waals surface area contributed by atoms with Gasteiger partial charge in [-0.1, -0.05) is 6.07 Å². The lowest BCUT2D eigenvalue weighted by Gasteiger charge is -2.39. The first kappa shape index (κ1) is 21.1. The Morgan fingerprint density at radius 2 is 1.82 bits per heavy atom. The molecular formula is C26H26FN5O. The van der Waals surface area contributed by atoms with Crippen molar-refractivity contribution in [3.05, 3.63) is 72.9 Å². The Morgan fingerprint density at radius 1 is 1.00 bits per heavy atom. The monoisotopic (exact) mass is 443 g/mol. The SMILES string of the molecule is CCN(CC)c1cc(-c2ccc(N3CC(Oc4cccc(F)c4)C3)nc2)c2nccnc2c1. The molecule has 4 aromatic rings. The van der Waals surface area contributed by atoms with Crippen molar-refractivity contribution >= 4 is 22.5 Å². The van der Waals surface area contributed by atoms with Gasteiger partial charge < -0.3 is 14.5 Å². The molecule has 33 heavy (non-hydrogen) atoms. The minimum absolute atomic E-state index is 0.0262. The third kappa shape index (κ3) is 4.31. The van der Waals surface area contributed by atoms with Crippen LogP contribution in [-0.2, 0) is 0 Å². The second kappa shape index (κ2) is 9.02. The van der Waals surface area contributed by atoms with Gasteiger partial charge in [0.25, 0.3) is 0 Å². The second-order valence-corrected chi connectivity index (χ2v) is 8.10. The van der Waals surface area contributed by atoms with Crippen LogP contribution in [-0.4, -0.2) is 47.2 Å². The molecule has 0 amide bonds. The Kier molecular flexibility index (Phi) is 5.77. The van der Waals surface area contributed by atoms with Crippen LogP contribution in [0, 0.1) is 5.82 Å². The van der Waals surface area contributed by atoms with Crippen LogP contribution in [0.1, 0.15) is 13.8 Å². The Bertz CT molecular complexity index is 1250. The highest BCUT2D eigenvalue weighted by Gasteiger charge is 2.29. The van der Waals surface area contributed by atoms with Gasteiger partial charge in [0, 0.05) is 54.6 Å². The number of halogens is 1. The predicted octanol–water partition coefficient (Wildman–Crippen LogP) is 4.94. The fourth-order valence-corrected chi connectivity index (χ4v) is 4.22. The van der Waals surface area contributed by atoms with Crippen molar-refractivity contribution in [3.8, 4) is 16.9 Å². The maximum absolute atomic E-state index is 13.4. The number of pyridine rings is 1. The molecule has 2 aromatic heterocycles. The van der Waals surface area contributed by atoms with E-state index in [4.69, 9.17) is 9.72 Å². The number of nitrogens with zero attached hydrogens (tertiary/aromatic N) is 5. The molecule has 6 nitrogen and oxygen atoms in total. The predicted molar refractivity (Wildman–Crippen MR) is 129 cm³/mol. The van der Waals surface area contributed by atoms with Crippen LogP contribution in [0.5, 0.6) is 5.75 Å². The summed E-state index contributed by atoms with van der Waals surface area (Å²) >= 11 is 0. The van der Waals surface area contributed by atoms with Gasteiger partial charge in [0.2, 0.25) is 0 Å². The number of fused-ring (bicyclic) bond motifs is 1. The molecule has 1 saturated heterocycles. The number of rotatable bonds is 7. The molecule has 0 radical (unpaired) electrons. The van der Waals surface area contributed by atoms with Crippen LogP contribution in [0.25, 0.3) is 22.2 Å². The molecule has 0 aliphatic carbocycles. The van der Waals surface area contributed by atoms with Gasteiger partial charge >= 0.3 is 0 Å². The third-order valence-corrected chi connectivity index (χ3v) is 6.02. The van der Waals surface area contributed by atoms with Crippen molar-refractivity contribution in [2.24, 2.45) is 0 Å². The maximum Gasteiger partial charge on any atom is 0.134 e. The topological polar surface area (TPSA) is 54.4 Å². The van der Waals surface area contributed by atoms with Gasteiger partial charge in [0.1, 0.15) is 23.5 Å². The highest BCUT2D eigenvalue weighted by atomic mass is 19.1. The first-order chi connectivity index (χ1) is 16.1. The van der Waals surface area contributed by atoms with E-state index < -0.39 is 0 Å². The molecule has 0 saturated carbocycles. The summed E-state index contributed by atoms with van der Waals surface area (Å²) in [6.07, 6.45) is 5.37. The summed E-state index contributed by atoms with van der Waals surface area (Å²) in [5, 5.41) is 0. The Balaban J connectivity index is 1.35. The molecule has 2 aromatic carbocycles. The van der Waals surface area contributed by atoms with E-state index in [1.54, 1.807) is 24.5 Å². The van der Waals surface area contributed by atoms with Crippen molar-refractivity contribution in [3.63, 3.8) is 0 Å². The zero-order valence-electron chi connectivity index (χ0n) is 18.8. The molecule has 1 aliphatic heterocycles. The Labute approximate surface area is 192 Å². The molecule has 0 spiro atoms. The third-order valence-electron chi connectivity index (χ3n) is 6.02. The van der Waals surface area contributed by atoms with Crippen LogP contribution in [0.2, 0.25) is 0 Å². The summed E-state index contributed by atoms with van der Waals surface area (Å²) < 4.78 is 19.2. The van der Waals surface area contributed by atoms with Crippen LogP contribution in [0.15, 0.2) is 67.1 Å². The van der Waals surface area contributed by atoms with Gasteiger partial charge in [-0.05, 0) is 50.2 Å². The average molecular weight is 444 g/mol. The number of anilines is 2. The van der Waals surface area contributed by atoms with Gasteiger partial charge in [-0.15, -0.1) is 0 Å². The van der Waals surface area contributed by atoms with Crippen LogP contribution >= 0.6 is 0 Å². The molecule has 0 atom stereocenters. The number of benzene rings is 2. The van der Waals surface area contributed by atoms with Crippen molar-refractivity contribution < 1.29 is 9.13 Å². The summed E-state index contributed by atoms with van der Waals surface area (Å²) in [7, 11) is 0. The number of hydrogen-bond donors (Lipinski definition) is 0. The Morgan fingerprint density at radius 3 is 2.55 bits per heavy atom. The molecule has 168 valence electrons. The minimum Gasteiger partial charge on any atom is -0.487 e. The first-order valence-corrected chi connectivity index (χ1v) is 11.3. The maximum atomic E-state index is 13.4. The number of hydrogen-bond acceptors (Lipinski definition) is 6. The Hall–Kier alpha value is -3.74. The molecule has 3 heterocycles. The van der Waals surface area contributed by atoms with Gasteiger partial charge in [-0.2, -0.15) is 0 Å². The van der Waals surface area contributed by atoms with Crippen LogP contribution < -0.4 is 14.5 Å². The number of aromatic nitrogens is 3. The average Bonchev–Trinajstić information content (AvgIpc) is 2.82. The summed E-state index contributed by atoms with van der Waals surface area (Å²) in [4.78, 5) is 18.3. The van der Waals surface area contributed by atoms with E-state index in [-0.39, 0.29) is 11.9 Å². The normalized spacial score (nSPS) is 13.7. The van der Waals surface area contributed by atoms with E-state index in [1.807, 2.05) is 12.3 Å². The molecule has 1 aliphatic rings. The molecular weight excluding hydrogens is 417 g/mol. The van der Waals surface area contributed by atoms with E-state index in [1.165, 1.54) is 12.1 Å². The lowest BCUT2D eigenvalue weighted by molar-refractivity contribution is 0.166. The summed E-state index contributed by atoms with van der Waals surface area (Å²) in [6.45, 7) is 7.58. The van der Waals surface area contributed by atoms with E-state index in [0.29, 0.717) is 18.8 Å². The molecule has 1 fully saturated rings. The van der Waals surface area contributed by atoms with Gasteiger partial charge in [-0.3, -0.25) is 9.97 Å². The smallest absolute Gasteiger partial charge is 0.134 e. The highest BCUT2D eigenvalue weighted by molar-refractivity contribution is 5.94. The summed E-state index contributed by atoms with van der Waals surface area (Å²) in [5.74, 6) is 1.17. The van der Waals surface area contributed by atoms with Gasteiger partial charge in [0.05, 0.1) is 24.1 Å². The standard InChI is InChI=1S/C26H26FN5O/c1-3-31(4-2)20-13-23(26-24(14-20)28-10-11-29-26)18-8-9-25(30-15-18)32-16-22(17-32)33-21-7-5-6-19(27)12-21/h5-15,22H,3-4,16-17H2,1-2H3. The van der Waals surface area contributed by atoms with E-state index in [0.717, 1.165) is 46.8 Å². The van der Waals surface area contributed by atoms with Crippen molar-refractivity contribution in [1.82, 2.24) is 15.0 Å². The van der Waals surface area contributed by atoms with Crippen LogP contribution in [0.4, 0.5) is 15.9 Å². The van der Waals surface area contributed by atoms with Crippen molar-refractivity contribution in [2.45, 2.75) is 20.0 Å². The molecule has 0 N–H and O–H groups in total. The number of ether oxygens (including phenoxy) is 1. The lowest BCUT2D eigenvalue weighted by atomic mass is 10.0. The fourth-order valence-electron chi connectivity index (χ4n) is 4.22. The molecule has 7 heteroatoms. The van der Waals surface area contributed by atoms with E-state index in [2.05, 4.69) is 51.8 Å². The van der Waals surface area contributed by atoms with E-state index >= 15 is 0 Å². The van der Waals surface area contributed by atoms with Gasteiger partial charge in [-0.25, -0.2) is 9.37 Å². The van der Waals surface area contributed by atoms with Crippen molar-refractivity contribution in [2.75, 3.05) is 36.0 Å². The quantitative estimate of drug-likeness (QED) is 0.403.